The SMILES string of the molecule is O=C1/C(=C\c2ccc(Cl)cc2)SC(=Nc2ccccc2)N1CCc1ccc(Cl)cc1. The van der Waals surface area contributed by atoms with Gasteiger partial charge in [0.25, 0.3) is 5.91 Å². The molecule has 0 unspecified atom stereocenters. The van der Waals surface area contributed by atoms with E-state index in [4.69, 9.17) is 28.2 Å². The van der Waals surface area contributed by atoms with Crippen LogP contribution in [0, 0.1) is 0 Å². The van der Waals surface area contributed by atoms with Gasteiger partial charge < -0.3 is 0 Å². The first-order chi connectivity index (χ1) is 14.6. The second-order valence-electron chi connectivity index (χ2n) is 6.73. The number of aliphatic imine (C=N–C) groups is 1. The summed E-state index contributed by atoms with van der Waals surface area (Å²) in [4.78, 5) is 20.3. The van der Waals surface area contributed by atoms with Crippen LogP contribution in [0.4, 0.5) is 5.69 Å². The Hall–Kier alpha value is -2.53. The van der Waals surface area contributed by atoms with Crippen molar-refractivity contribution in [2.24, 2.45) is 4.99 Å². The third-order valence-electron chi connectivity index (χ3n) is 4.57. The minimum atomic E-state index is -0.0430. The minimum absolute atomic E-state index is 0.0430. The molecule has 0 spiro atoms. The van der Waals surface area contributed by atoms with Crippen molar-refractivity contribution in [2.75, 3.05) is 6.54 Å². The predicted molar refractivity (Wildman–Crippen MR) is 127 cm³/mol. The van der Waals surface area contributed by atoms with Crippen LogP contribution in [0.5, 0.6) is 0 Å². The highest BCUT2D eigenvalue weighted by Gasteiger charge is 2.33. The highest BCUT2D eigenvalue weighted by Crippen LogP contribution is 2.34. The zero-order valence-electron chi connectivity index (χ0n) is 16.0. The van der Waals surface area contributed by atoms with Crippen molar-refractivity contribution in [3.05, 3.63) is 105 Å². The van der Waals surface area contributed by atoms with Gasteiger partial charge in [-0.05, 0) is 71.8 Å². The van der Waals surface area contributed by atoms with Crippen LogP contribution < -0.4 is 0 Å². The lowest BCUT2D eigenvalue weighted by molar-refractivity contribution is -0.122. The number of nitrogens with zero attached hydrogens (tertiary/aromatic N) is 2. The standard InChI is InChI=1S/C24H18Cl2N2OS/c25-19-10-6-17(7-11-19)14-15-28-23(29)22(16-18-8-12-20(26)13-9-18)30-24(28)27-21-4-2-1-3-5-21/h1-13,16H,14-15H2/b22-16+,27-24?. The number of amidine groups is 1. The molecule has 1 aliphatic heterocycles. The Morgan fingerprint density at radius 1 is 0.867 bits per heavy atom. The van der Waals surface area contributed by atoms with Crippen LogP contribution in [0.25, 0.3) is 6.08 Å². The lowest BCUT2D eigenvalue weighted by Gasteiger charge is -2.15. The molecule has 0 aliphatic carbocycles. The first kappa shape index (κ1) is 20.7. The van der Waals surface area contributed by atoms with Crippen molar-refractivity contribution in [1.82, 2.24) is 4.90 Å². The number of halogens is 2. The number of rotatable bonds is 5. The van der Waals surface area contributed by atoms with Crippen LogP contribution in [-0.2, 0) is 11.2 Å². The molecule has 0 N–H and O–H groups in total. The van der Waals surface area contributed by atoms with Crippen LogP contribution in [0.2, 0.25) is 10.0 Å². The van der Waals surface area contributed by atoms with E-state index < -0.39 is 0 Å². The molecule has 0 aromatic heterocycles. The summed E-state index contributed by atoms with van der Waals surface area (Å²) in [7, 11) is 0. The maximum absolute atomic E-state index is 13.2. The number of amides is 1. The Bertz CT molecular complexity index is 1090. The fourth-order valence-corrected chi connectivity index (χ4v) is 4.28. The maximum Gasteiger partial charge on any atom is 0.266 e. The summed E-state index contributed by atoms with van der Waals surface area (Å²) in [5, 5.41) is 2.05. The Kier molecular flexibility index (Phi) is 6.58. The Balaban J connectivity index is 1.61. The molecule has 3 nitrogen and oxygen atoms in total. The maximum atomic E-state index is 13.2. The molecular weight excluding hydrogens is 435 g/mol. The molecule has 0 bridgehead atoms. The van der Waals surface area contributed by atoms with Gasteiger partial charge in [0.1, 0.15) is 0 Å². The largest absolute Gasteiger partial charge is 0.286 e. The lowest BCUT2D eigenvalue weighted by atomic mass is 10.1. The highest BCUT2D eigenvalue weighted by molar-refractivity contribution is 8.18. The molecule has 3 aromatic carbocycles. The summed E-state index contributed by atoms with van der Waals surface area (Å²) in [6.07, 6.45) is 2.59. The zero-order chi connectivity index (χ0) is 20.9. The topological polar surface area (TPSA) is 32.7 Å². The van der Waals surface area contributed by atoms with E-state index >= 15 is 0 Å². The Morgan fingerprint density at radius 2 is 1.50 bits per heavy atom. The van der Waals surface area contributed by atoms with E-state index in [0.717, 1.165) is 16.8 Å². The van der Waals surface area contributed by atoms with Gasteiger partial charge in [-0.25, -0.2) is 4.99 Å². The van der Waals surface area contributed by atoms with Crippen LogP contribution in [0.1, 0.15) is 11.1 Å². The number of hydrogen-bond acceptors (Lipinski definition) is 3. The van der Waals surface area contributed by atoms with Gasteiger partial charge >= 0.3 is 0 Å². The second-order valence-corrected chi connectivity index (χ2v) is 8.61. The van der Waals surface area contributed by atoms with Gasteiger partial charge in [-0.3, -0.25) is 9.69 Å². The molecule has 0 radical (unpaired) electrons. The van der Waals surface area contributed by atoms with Gasteiger partial charge in [0.2, 0.25) is 0 Å². The number of carbonyl (C=O) groups excluding carboxylic acids is 1. The molecular formula is C24H18Cl2N2OS. The van der Waals surface area contributed by atoms with Crippen molar-refractivity contribution < 1.29 is 4.79 Å². The summed E-state index contributed by atoms with van der Waals surface area (Å²) >= 11 is 13.3. The molecule has 1 amide bonds. The third kappa shape index (κ3) is 5.14. The average molecular weight is 453 g/mol. The predicted octanol–water partition coefficient (Wildman–Crippen LogP) is 6.84. The van der Waals surface area contributed by atoms with E-state index in [1.807, 2.05) is 84.9 Å². The van der Waals surface area contributed by atoms with Crippen LogP contribution >= 0.6 is 35.0 Å². The van der Waals surface area contributed by atoms with Crippen molar-refractivity contribution in [2.45, 2.75) is 6.42 Å². The Morgan fingerprint density at radius 3 is 2.17 bits per heavy atom. The number of benzene rings is 3. The van der Waals surface area contributed by atoms with Gasteiger partial charge in [0.15, 0.2) is 5.17 Å². The molecule has 4 rings (SSSR count). The summed E-state index contributed by atoms with van der Waals surface area (Å²) in [6, 6.07) is 24.8. The number of hydrogen-bond donors (Lipinski definition) is 0. The monoisotopic (exact) mass is 452 g/mol. The van der Waals surface area contributed by atoms with Crippen LogP contribution in [0.3, 0.4) is 0 Å². The van der Waals surface area contributed by atoms with Gasteiger partial charge in [-0.2, -0.15) is 0 Å². The molecule has 0 saturated carbocycles. The smallest absolute Gasteiger partial charge is 0.266 e. The number of carbonyl (C=O) groups is 1. The van der Waals surface area contributed by atoms with Crippen LogP contribution in [-0.4, -0.2) is 22.5 Å². The van der Waals surface area contributed by atoms with Gasteiger partial charge in [0.05, 0.1) is 10.6 Å². The van der Waals surface area contributed by atoms with E-state index in [0.29, 0.717) is 33.1 Å². The lowest BCUT2D eigenvalue weighted by Crippen LogP contribution is -2.31. The first-order valence-electron chi connectivity index (χ1n) is 9.44. The van der Waals surface area contributed by atoms with Crippen molar-refractivity contribution in [3.8, 4) is 0 Å². The van der Waals surface area contributed by atoms with E-state index in [-0.39, 0.29) is 5.91 Å². The number of thioether (sulfide) groups is 1. The molecule has 3 aromatic rings. The van der Waals surface area contributed by atoms with Gasteiger partial charge in [0, 0.05) is 16.6 Å². The van der Waals surface area contributed by atoms with Gasteiger partial charge in [-0.15, -0.1) is 0 Å². The summed E-state index contributed by atoms with van der Waals surface area (Å²) in [6.45, 7) is 0.539. The fraction of sp³-hybridized carbons (Fsp3) is 0.0833. The normalized spacial score (nSPS) is 16.6. The quantitative estimate of drug-likeness (QED) is 0.396. The van der Waals surface area contributed by atoms with E-state index in [1.54, 1.807) is 4.90 Å². The average Bonchev–Trinajstić information content (AvgIpc) is 3.04. The summed E-state index contributed by atoms with van der Waals surface area (Å²) < 4.78 is 0. The van der Waals surface area contributed by atoms with E-state index in [1.165, 1.54) is 11.8 Å². The Labute approximate surface area is 190 Å². The molecule has 1 heterocycles. The molecule has 0 atom stereocenters. The fourth-order valence-electron chi connectivity index (χ4n) is 3.00. The molecule has 1 saturated heterocycles. The zero-order valence-corrected chi connectivity index (χ0v) is 18.3. The van der Waals surface area contributed by atoms with E-state index in [2.05, 4.69) is 0 Å². The van der Waals surface area contributed by atoms with Crippen molar-refractivity contribution in [3.63, 3.8) is 0 Å². The van der Waals surface area contributed by atoms with Gasteiger partial charge in [-0.1, -0.05) is 65.7 Å². The molecule has 6 heteroatoms. The summed E-state index contributed by atoms with van der Waals surface area (Å²) in [5.74, 6) is -0.0430. The molecule has 1 aliphatic rings. The highest BCUT2D eigenvalue weighted by atomic mass is 35.5. The van der Waals surface area contributed by atoms with Crippen molar-refractivity contribution in [1.29, 1.82) is 0 Å². The summed E-state index contributed by atoms with van der Waals surface area (Å²) in [5.41, 5.74) is 2.86. The molecule has 30 heavy (non-hydrogen) atoms. The van der Waals surface area contributed by atoms with Crippen molar-refractivity contribution >= 4 is 57.8 Å². The molecule has 1 fully saturated rings. The minimum Gasteiger partial charge on any atom is -0.286 e. The second kappa shape index (κ2) is 9.52. The number of para-hydroxylation sites is 1. The van der Waals surface area contributed by atoms with Crippen LogP contribution in [0.15, 0.2) is 88.8 Å². The van der Waals surface area contributed by atoms with E-state index in [9.17, 15) is 4.79 Å². The third-order valence-corrected chi connectivity index (χ3v) is 6.08. The molecule has 150 valence electrons. The first-order valence-corrected chi connectivity index (χ1v) is 11.0.